The molecular formula is C13H16BrFN2. The number of rotatable bonds is 5. The van der Waals surface area contributed by atoms with E-state index in [1.165, 1.54) is 6.07 Å². The van der Waals surface area contributed by atoms with Gasteiger partial charge in [-0.1, -0.05) is 29.8 Å². The van der Waals surface area contributed by atoms with Gasteiger partial charge in [0, 0.05) is 29.4 Å². The molecule has 92 valence electrons. The Bertz CT molecular complexity index is 424. The van der Waals surface area contributed by atoms with E-state index in [9.17, 15) is 4.39 Å². The minimum absolute atomic E-state index is 0.194. The third-order valence-corrected chi connectivity index (χ3v) is 3.13. The van der Waals surface area contributed by atoms with Crippen LogP contribution in [0.4, 0.5) is 4.39 Å². The minimum Gasteiger partial charge on any atom is -0.315 e. The number of nitrogens with zero attached hydrogens (tertiary/aromatic N) is 1. The topological polar surface area (TPSA) is 35.8 Å². The zero-order valence-corrected chi connectivity index (χ0v) is 11.6. The highest BCUT2D eigenvalue weighted by atomic mass is 79.9. The van der Waals surface area contributed by atoms with E-state index in [1.807, 2.05) is 13.8 Å². The molecule has 0 aliphatic rings. The summed E-state index contributed by atoms with van der Waals surface area (Å²) in [6.45, 7) is 5.24. The van der Waals surface area contributed by atoms with Gasteiger partial charge in [-0.3, -0.25) is 0 Å². The van der Waals surface area contributed by atoms with E-state index < -0.39 is 0 Å². The summed E-state index contributed by atoms with van der Waals surface area (Å²) in [7, 11) is 0. The molecule has 1 aromatic carbocycles. The first-order chi connectivity index (χ1) is 7.97. The van der Waals surface area contributed by atoms with Crippen LogP contribution in [0, 0.1) is 17.1 Å². The molecule has 0 spiro atoms. The molecule has 0 unspecified atom stereocenters. The summed E-state index contributed by atoms with van der Waals surface area (Å²) in [6.07, 6.45) is 0.469. The summed E-state index contributed by atoms with van der Waals surface area (Å²) in [4.78, 5) is 0. The number of hydrogen-bond donors (Lipinski definition) is 1. The third-order valence-electron chi connectivity index (χ3n) is 2.64. The molecule has 0 saturated carbocycles. The minimum atomic E-state index is -0.302. The lowest BCUT2D eigenvalue weighted by molar-refractivity contribution is 0.447. The lowest BCUT2D eigenvalue weighted by Gasteiger charge is -2.26. The van der Waals surface area contributed by atoms with Crippen molar-refractivity contribution in [3.05, 3.63) is 34.1 Å². The number of nitrogens with one attached hydrogen (secondary N) is 1. The Morgan fingerprint density at radius 3 is 2.82 bits per heavy atom. The average molecular weight is 299 g/mol. The van der Waals surface area contributed by atoms with Gasteiger partial charge in [-0.05, 0) is 23.8 Å². The lowest BCUT2D eigenvalue weighted by atomic mass is 9.84. The van der Waals surface area contributed by atoms with Crippen molar-refractivity contribution in [3.8, 4) is 6.07 Å². The fraction of sp³-hybridized carbons (Fsp3) is 0.462. The molecule has 0 fully saturated rings. The summed E-state index contributed by atoms with van der Waals surface area (Å²) < 4.78 is 14.6. The fourth-order valence-electron chi connectivity index (χ4n) is 1.66. The van der Waals surface area contributed by atoms with E-state index in [2.05, 4.69) is 27.3 Å². The monoisotopic (exact) mass is 298 g/mol. The van der Waals surface area contributed by atoms with Crippen LogP contribution < -0.4 is 5.32 Å². The maximum atomic E-state index is 13.7. The predicted molar refractivity (Wildman–Crippen MR) is 70.2 cm³/mol. The molecule has 1 rings (SSSR count). The lowest BCUT2D eigenvalue weighted by Crippen LogP contribution is -2.34. The van der Waals surface area contributed by atoms with E-state index in [4.69, 9.17) is 5.26 Å². The van der Waals surface area contributed by atoms with E-state index >= 15 is 0 Å². The number of benzene rings is 1. The van der Waals surface area contributed by atoms with E-state index in [0.717, 1.165) is 4.47 Å². The average Bonchev–Trinajstić information content (AvgIpc) is 2.28. The third kappa shape index (κ3) is 4.10. The largest absolute Gasteiger partial charge is 0.315 e. The standard InChI is InChI=1S/C13H16BrFN2/c1-13(2,9-17-7-3-6-16)11-8-10(14)4-5-12(11)15/h4-5,8,17H,3,7,9H2,1-2H3. The van der Waals surface area contributed by atoms with Gasteiger partial charge in [-0.25, -0.2) is 4.39 Å². The van der Waals surface area contributed by atoms with Crippen molar-refractivity contribution < 1.29 is 4.39 Å². The first kappa shape index (κ1) is 14.1. The summed E-state index contributed by atoms with van der Waals surface area (Å²) in [5.41, 5.74) is 0.375. The van der Waals surface area contributed by atoms with Gasteiger partial charge < -0.3 is 5.32 Å². The Hall–Kier alpha value is -0.920. The van der Waals surface area contributed by atoms with Crippen molar-refractivity contribution in [2.45, 2.75) is 25.7 Å². The van der Waals surface area contributed by atoms with Crippen molar-refractivity contribution in [1.29, 1.82) is 5.26 Å². The van der Waals surface area contributed by atoms with Gasteiger partial charge in [-0.2, -0.15) is 5.26 Å². The summed E-state index contributed by atoms with van der Waals surface area (Å²) in [5.74, 6) is -0.194. The Morgan fingerprint density at radius 2 is 2.18 bits per heavy atom. The van der Waals surface area contributed by atoms with Gasteiger partial charge in [0.2, 0.25) is 0 Å². The Balaban J connectivity index is 2.75. The first-order valence-corrected chi connectivity index (χ1v) is 6.30. The van der Waals surface area contributed by atoms with Crippen LogP contribution in [0.15, 0.2) is 22.7 Å². The first-order valence-electron chi connectivity index (χ1n) is 5.50. The second-order valence-electron chi connectivity index (χ2n) is 4.59. The molecule has 0 aliphatic carbocycles. The van der Waals surface area contributed by atoms with E-state index in [-0.39, 0.29) is 11.2 Å². The van der Waals surface area contributed by atoms with Crippen LogP contribution >= 0.6 is 15.9 Å². The van der Waals surface area contributed by atoms with Crippen LogP contribution in [-0.2, 0) is 5.41 Å². The second kappa shape index (κ2) is 6.13. The SMILES string of the molecule is CC(C)(CNCCC#N)c1cc(Br)ccc1F. The van der Waals surface area contributed by atoms with Crippen LogP contribution in [0.1, 0.15) is 25.8 Å². The number of nitriles is 1. The van der Waals surface area contributed by atoms with Gasteiger partial charge in [0.05, 0.1) is 6.07 Å². The number of halogens is 2. The van der Waals surface area contributed by atoms with Crippen LogP contribution in [0.3, 0.4) is 0 Å². The van der Waals surface area contributed by atoms with Crippen molar-refractivity contribution in [3.63, 3.8) is 0 Å². The van der Waals surface area contributed by atoms with Crippen LogP contribution in [0.25, 0.3) is 0 Å². The molecule has 1 aromatic rings. The quantitative estimate of drug-likeness (QED) is 0.846. The molecule has 0 heterocycles. The Labute approximate surface area is 110 Å². The molecule has 0 atom stereocenters. The highest BCUT2D eigenvalue weighted by Crippen LogP contribution is 2.27. The Morgan fingerprint density at radius 1 is 1.47 bits per heavy atom. The van der Waals surface area contributed by atoms with E-state index in [1.54, 1.807) is 12.1 Å². The molecule has 2 nitrogen and oxygen atoms in total. The molecule has 0 radical (unpaired) electrons. The van der Waals surface area contributed by atoms with Gasteiger partial charge in [0.15, 0.2) is 0 Å². The molecular weight excluding hydrogens is 283 g/mol. The molecule has 0 amide bonds. The van der Waals surface area contributed by atoms with Gasteiger partial charge in [-0.15, -0.1) is 0 Å². The second-order valence-corrected chi connectivity index (χ2v) is 5.51. The summed E-state index contributed by atoms with van der Waals surface area (Å²) in [5, 5.41) is 11.6. The maximum Gasteiger partial charge on any atom is 0.127 e. The van der Waals surface area contributed by atoms with Crippen LogP contribution in [-0.4, -0.2) is 13.1 Å². The summed E-state index contributed by atoms with van der Waals surface area (Å²) >= 11 is 3.35. The van der Waals surface area contributed by atoms with Gasteiger partial charge in [0.25, 0.3) is 0 Å². The highest BCUT2D eigenvalue weighted by Gasteiger charge is 2.23. The van der Waals surface area contributed by atoms with Gasteiger partial charge >= 0.3 is 0 Å². The molecule has 1 N–H and O–H groups in total. The Kier molecular flexibility index (Phi) is 5.10. The molecule has 17 heavy (non-hydrogen) atoms. The predicted octanol–water partition coefficient (Wildman–Crippen LogP) is 3.37. The van der Waals surface area contributed by atoms with E-state index in [0.29, 0.717) is 25.1 Å². The smallest absolute Gasteiger partial charge is 0.127 e. The molecule has 0 saturated heterocycles. The van der Waals surface area contributed by atoms with Crippen molar-refractivity contribution >= 4 is 15.9 Å². The van der Waals surface area contributed by atoms with Crippen molar-refractivity contribution in [2.24, 2.45) is 0 Å². The van der Waals surface area contributed by atoms with Crippen LogP contribution in [0.5, 0.6) is 0 Å². The highest BCUT2D eigenvalue weighted by molar-refractivity contribution is 9.10. The normalized spacial score (nSPS) is 11.2. The van der Waals surface area contributed by atoms with Crippen LogP contribution in [0.2, 0.25) is 0 Å². The summed E-state index contributed by atoms with van der Waals surface area (Å²) in [6, 6.07) is 7.04. The molecule has 0 aliphatic heterocycles. The molecule has 4 heteroatoms. The molecule has 0 aromatic heterocycles. The van der Waals surface area contributed by atoms with Crippen molar-refractivity contribution in [2.75, 3.05) is 13.1 Å². The number of hydrogen-bond acceptors (Lipinski definition) is 2. The van der Waals surface area contributed by atoms with Gasteiger partial charge in [0.1, 0.15) is 5.82 Å². The zero-order chi connectivity index (χ0) is 12.9. The zero-order valence-electron chi connectivity index (χ0n) is 10.1. The van der Waals surface area contributed by atoms with Crippen molar-refractivity contribution in [1.82, 2.24) is 5.32 Å². The fourth-order valence-corrected chi connectivity index (χ4v) is 2.02. The maximum absolute atomic E-state index is 13.7. The molecule has 0 bridgehead atoms.